The molecule has 0 spiro atoms. The van der Waals surface area contributed by atoms with Crippen LogP contribution in [0.3, 0.4) is 0 Å². The van der Waals surface area contributed by atoms with Crippen LogP contribution in [0.2, 0.25) is 0 Å². The molecule has 0 bridgehead atoms. The topological polar surface area (TPSA) is 0 Å². The Kier molecular flexibility index (Phi) is 24.0. The molecular weight excluding hydrogens is 901 g/mol. The molecule has 0 unspecified atom stereocenters. The van der Waals surface area contributed by atoms with Gasteiger partial charge in [0.05, 0.1) is 0 Å². The maximum atomic E-state index is 2.28. The molecule has 378 valence electrons. The normalized spacial score (nSPS) is 10.0. The van der Waals surface area contributed by atoms with Crippen molar-refractivity contribution in [3.63, 3.8) is 0 Å². The van der Waals surface area contributed by atoms with E-state index in [9.17, 15) is 0 Å². The van der Waals surface area contributed by atoms with Crippen LogP contribution in [0.5, 0.6) is 0 Å². The van der Waals surface area contributed by atoms with Crippen LogP contribution >= 0.6 is 0 Å². The maximum Gasteiger partial charge on any atom is -0.0105 e. The van der Waals surface area contributed by atoms with Gasteiger partial charge in [0.1, 0.15) is 0 Å². The lowest BCUT2D eigenvalue weighted by Gasteiger charge is -2.10. The zero-order valence-corrected chi connectivity index (χ0v) is 46.2. The van der Waals surface area contributed by atoms with Crippen molar-refractivity contribution < 1.29 is 0 Å². The van der Waals surface area contributed by atoms with E-state index in [1.807, 2.05) is 64.1 Å². The average Bonchev–Trinajstić information content (AvgIpc) is 3.46. The first-order chi connectivity index (χ1) is 36.6. The second-order valence-corrected chi connectivity index (χ2v) is 19.3. The first kappa shape index (κ1) is 57.6. The van der Waals surface area contributed by atoms with Crippen molar-refractivity contribution in [3.8, 4) is 33.4 Å². The van der Waals surface area contributed by atoms with Crippen molar-refractivity contribution in [2.24, 2.45) is 5.41 Å². The Morgan fingerprint density at radius 3 is 0.560 bits per heavy atom. The highest BCUT2D eigenvalue weighted by Crippen LogP contribution is 2.31. The van der Waals surface area contributed by atoms with E-state index in [0.29, 0.717) is 5.41 Å². The Labute approximate surface area is 452 Å². The average molecular weight is 979 g/mol. The minimum atomic E-state index is 0.500. The minimum absolute atomic E-state index is 0.500. The molecular formula is C75H78. The van der Waals surface area contributed by atoms with Crippen LogP contribution in [0.25, 0.3) is 56.7 Å². The molecule has 0 aromatic heterocycles. The van der Waals surface area contributed by atoms with Crippen molar-refractivity contribution in [2.75, 3.05) is 0 Å². The zero-order chi connectivity index (χ0) is 53.7. The lowest BCUT2D eigenvalue weighted by Crippen LogP contribution is -1.93. The second kappa shape index (κ2) is 31.3. The summed E-state index contributed by atoms with van der Waals surface area (Å²) in [5.41, 5.74) is 20.0. The molecule has 75 heavy (non-hydrogen) atoms. The van der Waals surface area contributed by atoms with E-state index >= 15 is 0 Å². The van der Waals surface area contributed by atoms with Crippen molar-refractivity contribution in [3.05, 3.63) is 324 Å². The third kappa shape index (κ3) is 19.9. The highest BCUT2D eigenvalue weighted by molar-refractivity contribution is 5.92. The van der Waals surface area contributed by atoms with Crippen LogP contribution in [-0.4, -0.2) is 0 Å². The molecule has 0 fully saturated rings. The summed E-state index contributed by atoms with van der Waals surface area (Å²) in [5.74, 6) is 0. The number of benzene rings is 10. The van der Waals surface area contributed by atoms with Crippen LogP contribution in [0.1, 0.15) is 99.9 Å². The molecule has 0 nitrogen and oxygen atoms in total. The number of hydrogen-bond acceptors (Lipinski definition) is 0. The monoisotopic (exact) mass is 979 g/mol. The van der Waals surface area contributed by atoms with Gasteiger partial charge in [-0.3, -0.25) is 0 Å². The Balaban J connectivity index is 0.000000376. The van der Waals surface area contributed by atoms with Crippen LogP contribution in [0.4, 0.5) is 0 Å². The summed E-state index contributed by atoms with van der Waals surface area (Å²) in [7, 11) is 0. The van der Waals surface area contributed by atoms with Crippen molar-refractivity contribution >= 4 is 23.3 Å². The summed E-state index contributed by atoms with van der Waals surface area (Å²) < 4.78 is 0. The van der Waals surface area contributed by atoms with E-state index in [4.69, 9.17) is 0 Å². The van der Waals surface area contributed by atoms with Crippen LogP contribution < -0.4 is 0 Å². The third-order valence-corrected chi connectivity index (χ3v) is 11.4. The Morgan fingerprint density at radius 2 is 0.400 bits per heavy atom. The summed E-state index contributed by atoms with van der Waals surface area (Å²) in [6.45, 7) is 20.9. The van der Waals surface area contributed by atoms with E-state index in [0.717, 1.165) is 0 Å². The van der Waals surface area contributed by atoms with Gasteiger partial charge in [-0.05, 0) is 109 Å². The van der Waals surface area contributed by atoms with Gasteiger partial charge < -0.3 is 0 Å². The molecule has 0 amide bonds. The maximum absolute atomic E-state index is 2.28. The van der Waals surface area contributed by atoms with Crippen molar-refractivity contribution in [1.82, 2.24) is 0 Å². The molecule has 0 aliphatic rings. The van der Waals surface area contributed by atoms with Gasteiger partial charge in [0, 0.05) is 0 Å². The quantitative estimate of drug-likeness (QED) is 0.126. The molecule has 0 saturated carbocycles. The number of aryl methyl sites for hydroxylation is 2. The van der Waals surface area contributed by atoms with Gasteiger partial charge in [-0.15, -0.1) is 0 Å². The van der Waals surface area contributed by atoms with E-state index in [-0.39, 0.29) is 0 Å². The molecule has 0 N–H and O–H groups in total. The van der Waals surface area contributed by atoms with Gasteiger partial charge in [-0.2, -0.15) is 0 Å². The Hall–Kier alpha value is -8.32. The first-order valence-corrected chi connectivity index (χ1v) is 26.7. The molecule has 10 rings (SSSR count). The Bertz CT molecular complexity index is 2820. The molecule has 0 aliphatic carbocycles. The van der Waals surface area contributed by atoms with Crippen LogP contribution in [-0.2, 0) is 0 Å². The van der Waals surface area contributed by atoms with Gasteiger partial charge in [0.2, 0.25) is 0 Å². The van der Waals surface area contributed by atoms with Crippen LogP contribution in [0, 0.1) is 19.3 Å². The van der Waals surface area contributed by atoms with Gasteiger partial charge >= 0.3 is 0 Å². The fourth-order valence-electron chi connectivity index (χ4n) is 7.79. The van der Waals surface area contributed by atoms with Gasteiger partial charge in [-0.1, -0.05) is 346 Å². The van der Waals surface area contributed by atoms with Gasteiger partial charge in [-0.25, -0.2) is 0 Å². The summed E-state index contributed by atoms with van der Waals surface area (Å²) in [6, 6.07) is 98.4. The number of rotatable bonds is 9. The molecule has 0 atom stereocenters. The summed E-state index contributed by atoms with van der Waals surface area (Å²) in [5, 5.41) is 0. The van der Waals surface area contributed by atoms with Crippen molar-refractivity contribution in [1.29, 1.82) is 0 Å². The number of hydrogen-bond donors (Lipinski definition) is 0. The molecule has 10 aromatic carbocycles. The minimum Gasteiger partial charge on any atom is -0.0683 e. The van der Waals surface area contributed by atoms with Gasteiger partial charge in [0.25, 0.3) is 0 Å². The first-order valence-electron chi connectivity index (χ1n) is 26.7. The molecule has 0 heteroatoms. The Morgan fingerprint density at radius 1 is 0.240 bits per heavy atom. The highest BCUT2D eigenvalue weighted by Gasteiger charge is 2.08. The highest BCUT2D eigenvalue weighted by atomic mass is 14.1. The summed E-state index contributed by atoms with van der Waals surface area (Å²) in [6.07, 6.45) is 4.56. The molecule has 0 radical (unpaired) electrons. The smallest absolute Gasteiger partial charge is 0.0105 e. The molecule has 10 aromatic rings. The van der Waals surface area contributed by atoms with E-state index in [1.54, 1.807) is 0 Å². The largest absolute Gasteiger partial charge is 0.0683 e. The predicted octanol–water partition coefficient (Wildman–Crippen LogP) is 22.0. The van der Waals surface area contributed by atoms with E-state index in [1.165, 1.54) is 89.0 Å². The molecule has 0 saturated heterocycles. The summed E-state index contributed by atoms with van der Waals surface area (Å²) >= 11 is 0. The molecule has 0 heterocycles. The fraction of sp³-hybridized carbons (Fsp3) is 0.147. The summed E-state index contributed by atoms with van der Waals surface area (Å²) in [4.78, 5) is 0. The lowest BCUT2D eigenvalue weighted by atomic mass is 9.94. The molecule has 0 aliphatic heterocycles. The van der Waals surface area contributed by atoms with Crippen LogP contribution in [0.15, 0.2) is 279 Å². The SMILES string of the molecule is C(=C(c1ccccc1)c1ccccc1)c1ccc(-c2ccc(-c3ccc(-c4ccc(C=C(c5ccccc5)c5ccccc5)cc4)cc3)cc2)cc1.CC.CC.CC(C)(C)C.Cc1ccccc1.Cc1ccccc1. The van der Waals surface area contributed by atoms with E-state index in [2.05, 4.69) is 296 Å². The fourth-order valence-corrected chi connectivity index (χ4v) is 7.79. The third-order valence-electron chi connectivity index (χ3n) is 11.4. The lowest BCUT2D eigenvalue weighted by molar-refractivity contribution is 0.469. The zero-order valence-electron chi connectivity index (χ0n) is 46.2. The standard InChI is InChI=1S/C52H38.2C7H8.C5H12.2C2H6/c1-5-13-47(14-6-1)51(48-15-7-2-8-16-48)37-39-21-25-41(26-22-39)43-29-33-45(34-30-43)46-35-31-44(32-36-46)42-27-23-40(24-28-42)38-52(49-17-9-3-10-18-49)50-19-11-4-12-20-50;2*1-7-5-3-2-4-6-7;1-5(2,3)4;2*1-2/h1-38H;2*2-6H,1H3;1-4H3;2*1-2H3. The van der Waals surface area contributed by atoms with Crippen molar-refractivity contribution in [2.45, 2.75) is 69.2 Å². The van der Waals surface area contributed by atoms with E-state index < -0.39 is 0 Å². The van der Waals surface area contributed by atoms with Gasteiger partial charge in [0.15, 0.2) is 0 Å². The predicted molar refractivity (Wildman–Crippen MR) is 333 cm³/mol. The second-order valence-electron chi connectivity index (χ2n) is 19.3.